The minimum Gasteiger partial charge on any atom is -0.382 e. The van der Waals surface area contributed by atoms with Crippen molar-refractivity contribution in [2.75, 3.05) is 11.9 Å². The van der Waals surface area contributed by atoms with Crippen LogP contribution in [0.5, 0.6) is 0 Å². The number of benzene rings is 1. The van der Waals surface area contributed by atoms with Crippen molar-refractivity contribution in [3.05, 3.63) is 33.9 Å². The van der Waals surface area contributed by atoms with Gasteiger partial charge in [0.25, 0.3) is 5.69 Å². The number of hydrogen-bond donors (Lipinski definition) is 1. The maximum absolute atomic E-state index is 10.9. The average molecular weight is 264 g/mol. The number of anilines is 1. The minimum absolute atomic E-state index is 0.170. The topological polar surface area (TPSA) is 64.4 Å². The van der Waals surface area contributed by atoms with Crippen molar-refractivity contribution in [1.29, 1.82) is 0 Å². The van der Waals surface area contributed by atoms with Gasteiger partial charge in [-0.1, -0.05) is 13.0 Å². The van der Waals surface area contributed by atoms with Gasteiger partial charge in [0.1, 0.15) is 0 Å². The predicted molar refractivity (Wildman–Crippen MR) is 74.5 cm³/mol. The normalized spacial score (nSPS) is 23.1. The third-order valence-corrected chi connectivity index (χ3v) is 3.60. The number of rotatable bonds is 4. The molecule has 1 aromatic rings. The number of ether oxygens (including phenoxy) is 1. The van der Waals surface area contributed by atoms with E-state index in [0.717, 1.165) is 31.6 Å². The molecule has 19 heavy (non-hydrogen) atoms. The molecule has 5 nitrogen and oxygen atoms in total. The van der Waals surface area contributed by atoms with E-state index in [1.54, 1.807) is 19.1 Å². The highest BCUT2D eigenvalue weighted by Gasteiger charge is 2.21. The van der Waals surface area contributed by atoms with Gasteiger partial charge in [-0.25, -0.2) is 0 Å². The fourth-order valence-corrected chi connectivity index (χ4v) is 2.43. The van der Waals surface area contributed by atoms with Gasteiger partial charge in [-0.05, 0) is 32.3 Å². The van der Waals surface area contributed by atoms with E-state index in [4.69, 9.17) is 4.74 Å². The lowest BCUT2D eigenvalue weighted by Gasteiger charge is -2.30. The van der Waals surface area contributed by atoms with Gasteiger partial charge in [-0.2, -0.15) is 0 Å². The van der Waals surface area contributed by atoms with Crippen LogP contribution in [0.3, 0.4) is 0 Å². The third kappa shape index (κ3) is 3.44. The molecule has 1 saturated heterocycles. The molecule has 0 spiro atoms. The third-order valence-electron chi connectivity index (χ3n) is 3.60. The fraction of sp³-hybridized carbons (Fsp3) is 0.571. The zero-order valence-corrected chi connectivity index (χ0v) is 11.4. The summed E-state index contributed by atoms with van der Waals surface area (Å²) in [5.74, 6) is 0. The molecule has 0 bridgehead atoms. The van der Waals surface area contributed by atoms with E-state index in [1.807, 2.05) is 6.07 Å². The molecule has 0 amide bonds. The van der Waals surface area contributed by atoms with E-state index in [9.17, 15) is 10.1 Å². The van der Waals surface area contributed by atoms with Crippen molar-refractivity contribution in [3.63, 3.8) is 0 Å². The first kappa shape index (κ1) is 13.8. The van der Waals surface area contributed by atoms with Crippen LogP contribution in [0.4, 0.5) is 11.4 Å². The molecule has 1 heterocycles. The molecule has 0 radical (unpaired) electrons. The standard InChI is InChI=1S/C14H20N2O3/c1-3-13-8-12(6-7-19-13)15-11-5-4-10(2)14(9-11)16(17)18/h4-5,9,12-13,15H,3,6-8H2,1-2H3. The fourth-order valence-electron chi connectivity index (χ4n) is 2.43. The van der Waals surface area contributed by atoms with E-state index >= 15 is 0 Å². The van der Waals surface area contributed by atoms with Crippen LogP contribution in [0.25, 0.3) is 0 Å². The lowest BCUT2D eigenvalue weighted by atomic mass is 10.0. The predicted octanol–water partition coefficient (Wildman–Crippen LogP) is 3.27. The first-order chi connectivity index (χ1) is 9.10. The van der Waals surface area contributed by atoms with Gasteiger partial charge in [0, 0.05) is 30.0 Å². The number of nitro groups is 1. The monoisotopic (exact) mass is 264 g/mol. The first-order valence-corrected chi connectivity index (χ1v) is 6.73. The maximum atomic E-state index is 10.9. The van der Waals surface area contributed by atoms with Crippen LogP contribution in [-0.2, 0) is 4.74 Å². The van der Waals surface area contributed by atoms with Gasteiger partial charge in [0.05, 0.1) is 11.0 Å². The van der Waals surface area contributed by atoms with Gasteiger partial charge in [-0.15, -0.1) is 0 Å². The lowest BCUT2D eigenvalue weighted by molar-refractivity contribution is -0.385. The molecule has 0 aromatic heterocycles. The van der Waals surface area contributed by atoms with Crippen LogP contribution in [0.15, 0.2) is 18.2 Å². The quantitative estimate of drug-likeness (QED) is 0.669. The van der Waals surface area contributed by atoms with Crippen molar-refractivity contribution >= 4 is 11.4 Å². The molecule has 5 heteroatoms. The summed E-state index contributed by atoms with van der Waals surface area (Å²) in [6.45, 7) is 4.62. The van der Waals surface area contributed by atoms with Crippen LogP contribution in [0.1, 0.15) is 31.7 Å². The molecule has 1 fully saturated rings. The highest BCUT2D eigenvalue weighted by molar-refractivity contribution is 5.55. The summed E-state index contributed by atoms with van der Waals surface area (Å²) in [4.78, 5) is 10.6. The summed E-state index contributed by atoms with van der Waals surface area (Å²) in [7, 11) is 0. The largest absolute Gasteiger partial charge is 0.382 e. The van der Waals surface area contributed by atoms with Crippen LogP contribution in [-0.4, -0.2) is 23.7 Å². The lowest BCUT2D eigenvalue weighted by Crippen LogP contribution is -2.33. The van der Waals surface area contributed by atoms with Crippen molar-refractivity contribution in [3.8, 4) is 0 Å². The number of nitrogens with zero attached hydrogens (tertiary/aromatic N) is 1. The van der Waals surface area contributed by atoms with Crippen molar-refractivity contribution in [1.82, 2.24) is 0 Å². The molecular weight excluding hydrogens is 244 g/mol. The van der Waals surface area contributed by atoms with Gasteiger partial charge in [0.2, 0.25) is 0 Å². The minimum atomic E-state index is -0.334. The Balaban J connectivity index is 2.06. The summed E-state index contributed by atoms with van der Waals surface area (Å²) in [5, 5.41) is 14.3. The highest BCUT2D eigenvalue weighted by Crippen LogP contribution is 2.25. The Kier molecular flexibility index (Phi) is 4.37. The van der Waals surface area contributed by atoms with E-state index in [0.29, 0.717) is 17.7 Å². The summed E-state index contributed by atoms with van der Waals surface area (Å²) in [6, 6.07) is 5.64. The molecule has 2 unspecified atom stereocenters. The van der Waals surface area contributed by atoms with E-state index in [2.05, 4.69) is 12.2 Å². The van der Waals surface area contributed by atoms with Crippen LogP contribution in [0.2, 0.25) is 0 Å². The molecule has 104 valence electrons. The molecule has 0 aliphatic carbocycles. The Bertz CT molecular complexity index is 462. The summed E-state index contributed by atoms with van der Waals surface area (Å²) >= 11 is 0. The van der Waals surface area contributed by atoms with E-state index in [1.165, 1.54) is 0 Å². The molecule has 1 aromatic carbocycles. The van der Waals surface area contributed by atoms with E-state index in [-0.39, 0.29) is 10.6 Å². The Hall–Kier alpha value is -1.62. The van der Waals surface area contributed by atoms with Crippen LogP contribution in [0, 0.1) is 17.0 Å². The number of aryl methyl sites for hydroxylation is 1. The second-order valence-electron chi connectivity index (χ2n) is 5.03. The smallest absolute Gasteiger partial charge is 0.274 e. The van der Waals surface area contributed by atoms with Crippen LogP contribution >= 0.6 is 0 Å². The van der Waals surface area contributed by atoms with Gasteiger partial charge >= 0.3 is 0 Å². The Morgan fingerprint density at radius 2 is 2.32 bits per heavy atom. The van der Waals surface area contributed by atoms with Crippen molar-refractivity contribution in [2.24, 2.45) is 0 Å². The SMILES string of the molecule is CCC1CC(Nc2ccc(C)c([N+](=O)[O-])c2)CCO1. The zero-order valence-electron chi connectivity index (χ0n) is 11.4. The zero-order chi connectivity index (χ0) is 13.8. The summed E-state index contributed by atoms with van der Waals surface area (Å²) in [5.41, 5.74) is 1.68. The van der Waals surface area contributed by atoms with Gasteiger partial charge < -0.3 is 10.1 Å². The van der Waals surface area contributed by atoms with Gasteiger partial charge in [0.15, 0.2) is 0 Å². The maximum Gasteiger partial charge on any atom is 0.274 e. The van der Waals surface area contributed by atoms with E-state index < -0.39 is 0 Å². The van der Waals surface area contributed by atoms with Crippen molar-refractivity contribution < 1.29 is 9.66 Å². The first-order valence-electron chi connectivity index (χ1n) is 6.73. The summed E-state index contributed by atoms with van der Waals surface area (Å²) in [6.07, 6.45) is 3.20. The second-order valence-corrected chi connectivity index (χ2v) is 5.03. The molecule has 2 rings (SSSR count). The summed E-state index contributed by atoms with van der Waals surface area (Å²) < 4.78 is 5.63. The molecular formula is C14H20N2O3. The van der Waals surface area contributed by atoms with Crippen LogP contribution < -0.4 is 5.32 Å². The molecule has 2 atom stereocenters. The number of nitrogens with one attached hydrogen (secondary N) is 1. The molecule has 0 saturated carbocycles. The van der Waals surface area contributed by atoms with Gasteiger partial charge in [-0.3, -0.25) is 10.1 Å². The molecule has 1 N–H and O–H groups in total. The molecule has 1 aliphatic rings. The highest BCUT2D eigenvalue weighted by atomic mass is 16.6. The second kappa shape index (κ2) is 6.02. The average Bonchev–Trinajstić information content (AvgIpc) is 2.41. The Morgan fingerprint density at radius 1 is 1.53 bits per heavy atom. The number of hydrogen-bond acceptors (Lipinski definition) is 4. The molecule has 1 aliphatic heterocycles. The Morgan fingerprint density at radius 3 is 3.00 bits per heavy atom. The Labute approximate surface area is 113 Å². The van der Waals surface area contributed by atoms with Crippen molar-refractivity contribution in [2.45, 2.75) is 45.3 Å². The number of nitro benzene ring substituents is 1.